The van der Waals surface area contributed by atoms with Gasteiger partial charge in [-0.1, -0.05) is 64.5 Å². The summed E-state index contributed by atoms with van der Waals surface area (Å²) in [7, 11) is 0. The number of hydrogen-bond donors (Lipinski definition) is 2. The average molecular weight is 387 g/mol. The first kappa shape index (κ1) is 18.9. The van der Waals surface area contributed by atoms with Crippen LogP contribution < -0.4 is 11.1 Å². The number of hydrogen-bond acceptors (Lipinski definition) is 2. The standard InChI is InChI=1S/C21H27BrN2/c1-3-14-21(23,19-8-5-4-6-9-19)15-7-16-24-17(2)18-10-12-20(22)13-11-18/h3-6,8-13,17,24H,1,7,14-16,23H2,2H3/t17?,21-/m1/s1. The van der Waals surface area contributed by atoms with E-state index in [4.69, 9.17) is 5.73 Å². The van der Waals surface area contributed by atoms with Crippen LogP contribution in [0, 0.1) is 0 Å². The fourth-order valence-corrected chi connectivity index (χ4v) is 3.25. The van der Waals surface area contributed by atoms with E-state index in [9.17, 15) is 0 Å². The van der Waals surface area contributed by atoms with Gasteiger partial charge in [-0.3, -0.25) is 0 Å². The van der Waals surface area contributed by atoms with Crippen molar-refractivity contribution in [2.24, 2.45) is 5.73 Å². The Morgan fingerprint density at radius 1 is 1.17 bits per heavy atom. The van der Waals surface area contributed by atoms with Gasteiger partial charge in [0.15, 0.2) is 0 Å². The van der Waals surface area contributed by atoms with Crippen LogP contribution in [0.4, 0.5) is 0 Å². The van der Waals surface area contributed by atoms with Crippen molar-refractivity contribution in [2.75, 3.05) is 6.54 Å². The van der Waals surface area contributed by atoms with E-state index in [-0.39, 0.29) is 5.54 Å². The van der Waals surface area contributed by atoms with Crippen molar-refractivity contribution in [2.45, 2.75) is 37.8 Å². The first-order chi connectivity index (χ1) is 11.5. The van der Waals surface area contributed by atoms with Crippen molar-refractivity contribution >= 4 is 15.9 Å². The summed E-state index contributed by atoms with van der Waals surface area (Å²) in [6, 6.07) is 19.1. The van der Waals surface area contributed by atoms with Gasteiger partial charge in [0.2, 0.25) is 0 Å². The van der Waals surface area contributed by atoms with Crippen LogP contribution in [0.25, 0.3) is 0 Å². The summed E-state index contributed by atoms with van der Waals surface area (Å²) < 4.78 is 1.11. The lowest BCUT2D eigenvalue weighted by molar-refractivity contribution is 0.389. The zero-order valence-corrected chi connectivity index (χ0v) is 15.9. The Labute approximate surface area is 154 Å². The molecule has 2 aromatic carbocycles. The van der Waals surface area contributed by atoms with Gasteiger partial charge in [0.05, 0.1) is 0 Å². The Morgan fingerprint density at radius 2 is 1.83 bits per heavy atom. The van der Waals surface area contributed by atoms with Gasteiger partial charge in [-0.25, -0.2) is 0 Å². The SMILES string of the molecule is C=CC[C@@](N)(CCCNC(C)c1ccc(Br)cc1)c1ccccc1. The third-order valence-electron chi connectivity index (χ3n) is 4.48. The monoisotopic (exact) mass is 386 g/mol. The van der Waals surface area contributed by atoms with Crippen LogP contribution >= 0.6 is 15.9 Å². The largest absolute Gasteiger partial charge is 0.321 e. The third-order valence-corrected chi connectivity index (χ3v) is 5.01. The van der Waals surface area contributed by atoms with Crippen molar-refractivity contribution < 1.29 is 0 Å². The molecular weight excluding hydrogens is 360 g/mol. The number of halogens is 1. The lowest BCUT2D eigenvalue weighted by Gasteiger charge is -2.29. The maximum atomic E-state index is 6.67. The van der Waals surface area contributed by atoms with Gasteiger partial charge < -0.3 is 11.1 Å². The van der Waals surface area contributed by atoms with Crippen LogP contribution in [0.15, 0.2) is 71.7 Å². The normalized spacial score (nSPS) is 14.8. The Kier molecular flexibility index (Phi) is 7.22. The predicted molar refractivity (Wildman–Crippen MR) is 107 cm³/mol. The molecule has 0 spiro atoms. The van der Waals surface area contributed by atoms with Gasteiger partial charge in [-0.15, -0.1) is 6.58 Å². The highest BCUT2D eigenvalue weighted by Crippen LogP contribution is 2.27. The molecule has 24 heavy (non-hydrogen) atoms. The zero-order valence-electron chi connectivity index (χ0n) is 14.3. The van der Waals surface area contributed by atoms with Crippen molar-refractivity contribution in [3.05, 3.63) is 82.9 Å². The quantitative estimate of drug-likeness (QED) is 0.452. The van der Waals surface area contributed by atoms with Crippen LogP contribution in [0.2, 0.25) is 0 Å². The Morgan fingerprint density at radius 3 is 2.46 bits per heavy atom. The zero-order chi connectivity index (χ0) is 17.4. The number of rotatable bonds is 9. The first-order valence-electron chi connectivity index (χ1n) is 8.49. The predicted octanol–water partition coefficient (Wildman–Crippen LogP) is 5.31. The molecule has 0 aromatic heterocycles. The molecule has 3 heteroatoms. The molecule has 2 atom stereocenters. The highest BCUT2D eigenvalue weighted by molar-refractivity contribution is 9.10. The Bertz CT molecular complexity index is 624. The minimum Gasteiger partial charge on any atom is -0.321 e. The molecule has 0 fully saturated rings. The summed E-state index contributed by atoms with van der Waals surface area (Å²) in [6.45, 7) is 7.01. The van der Waals surface area contributed by atoms with Crippen molar-refractivity contribution in [1.29, 1.82) is 0 Å². The first-order valence-corrected chi connectivity index (χ1v) is 9.28. The molecule has 0 aliphatic carbocycles. The Balaban J connectivity index is 1.87. The summed E-state index contributed by atoms with van der Waals surface area (Å²) in [5, 5.41) is 3.59. The topological polar surface area (TPSA) is 38.0 Å². The lowest BCUT2D eigenvalue weighted by atomic mass is 9.83. The maximum Gasteiger partial charge on any atom is 0.0444 e. The molecule has 0 heterocycles. The molecule has 0 bridgehead atoms. The highest BCUT2D eigenvalue weighted by atomic mass is 79.9. The second-order valence-electron chi connectivity index (χ2n) is 6.35. The van der Waals surface area contributed by atoms with Crippen molar-refractivity contribution in [3.8, 4) is 0 Å². The van der Waals surface area contributed by atoms with Gasteiger partial charge in [0.25, 0.3) is 0 Å². The second-order valence-corrected chi connectivity index (χ2v) is 7.26. The molecule has 0 aliphatic heterocycles. The Hall–Kier alpha value is -1.42. The second kappa shape index (κ2) is 9.16. The lowest BCUT2D eigenvalue weighted by Crippen LogP contribution is -2.37. The molecule has 2 aromatic rings. The van der Waals surface area contributed by atoms with Gasteiger partial charge in [-0.05, 0) is 56.0 Å². The number of benzene rings is 2. The third kappa shape index (κ3) is 5.30. The fourth-order valence-electron chi connectivity index (χ4n) is 2.98. The molecule has 3 N–H and O–H groups in total. The average Bonchev–Trinajstić information content (AvgIpc) is 2.60. The number of nitrogens with one attached hydrogen (secondary N) is 1. The smallest absolute Gasteiger partial charge is 0.0444 e. The van der Waals surface area contributed by atoms with Crippen molar-refractivity contribution in [3.63, 3.8) is 0 Å². The summed E-state index contributed by atoms with van der Waals surface area (Å²) in [6.07, 6.45) is 4.67. The van der Waals surface area contributed by atoms with Gasteiger partial charge in [-0.2, -0.15) is 0 Å². The van der Waals surface area contributed by atoms with Crippen LogP contribution in [0.3, 0.4) is 0 Å². The molecule has 128 valence electrons. The van der Waals surface area contributed by atoms with Gasteiger partial charge in [0.1, 0.15) is 0 Å². The molecule has 2 rings (SSSR count). The van der Waals surface area contributed by atoms with E-state index in [1.54, 1.807) is 0 Å². The van der Waals surface area contributed by atoms with Crippen LogP contribution in [0.5, 0.6) is 0 Å². The van der Waals surface area contributed by atoms with Gasteiger partial charge in [0, 0.05) is 16.1 Å². The fraction of sp³-hybridized carbons (Fsp3) is 0.333. The summed E-state index contributed by atoms with van der Waals surface area (Å²) >= 11 is 3.47. The van der Waals surface area contributed by atoms with E-state index in [0.29, 0.717) is 6.04 Å². The molecule has 0 saturated heterocycles. The van der Waals surface area contributed by atoms with Crippen LogP contribution in [0.1, 0.15) is 43.4 Å². The molecule has 1 unspecified atom stereocenters. The maximum absolute atomic E-state index is 6.67. The number of nitrogens with two attached hydrogens (primary N) is 1. The molecule has 0 amide bonds. The van der Waals surface area contributed by atoms with E-state index in [2.05, 4.69) is 71.1 Å². The summed E-state index contributed by atoms with van der Waals surface area (Å²) in [4.78, 5) is 0. The van der Waals surface area contributed by atoms with E-state index >= 15 is 0 Å². The van der Waals surface area contributed by atoms with E-state index in [1.807, 2.05) is 24.3 Å². The molecule has 0 aliphatic rings. The minimum atomic E-state index is -0.328. The van der Waals surface area contributed by atoms with Crippen molar-refractivity contribution in [1.82, 2.24) is 5.32 Å². The van der Waals surface area contributed by atoms with E-state index in [0.717, 1.165) is 30.3 Å². The summed E-state index contributed by atoms with van der Waals surface area (Å²) in [5.41, 5.74) is 8.83. The molecule has 0 saturated carbocycles. The van der Waals surface area contributed by atoms with E-state index < -0.39 is 0 Å². The minimum absolute atomic E-state index is 0.328. The summed E-state index contributed by atoms with van der Waals surface area (Å²) in [5.74, 6) is 0. The molecule has 0 radical (unpaired) electrons. The van der Waals surface area contributed by atoms with E-state index in [1.165, 1.54) is 11.1 Å². The molecular formula is C21H27BrN2. The molecule has 2 nitrogen and oxygen atoms in total. The highest BCUT2D eigenvalue weighted by Gasteiger charge is 2.25. The van der Waals surface area contributed by atoms with Crippen LogP contribution in [-0.2, 0) is 5.54 Å². The van der Waals surface area contributed by atoms with Crippen LogP contribution in [-0.4, -0.2) is 6.54 Å². The van der Waals surface area contributed by atoms with Gasteiger partial charge >= 0.3 is 0 Å².